The lowest BCUT2D eigenvalue weighted by Crippen LogP contribution is -2.59. The van der Waals surface area contributed by atoms with Gasteiger partial charge in [0.1, 0.15) is 0 Å². The van der Waals surface area contributed by atoms with E-state index in [1.165, 1.54) is 14.2 Å². The highest BCUT2D eigenvalue weighted by molar-refractivity contribution is 6.00. The average Bonchev–Trinajstić information content (AvgIpc) is 2.67. The molecule has 2 atom stereocenters. The molecule has 6 heteroatoms. The number of rotatable bonds is 4. The number of nitrogens with one attached hydrogen (secondary N) is 1. The molecule has 3 aliphatic carbocycles. The Bertz CT molecular complexity index is 664. The van der Waals surface area contributed by atoms with Gasteiger partial charge in [0.05, 0.1) is 31.5 Å². The van der Waals surface area contributed by atoms with Gasteiger partial charge in [0, 0.05) is 5.69 Å². The maximum Gasteiger partial charge on any atom is 0.310 e. The molecule has 2 bridgehead atoms. The van der Waals surface area contributed by atoms with E-state index in [1.54, 1.807) is 12.1 Å². The molecule has 6 nitrogen and oxygen atoms in total. The topological polar surface area (TPSA) is 81.7 Å². The molecule has 0 spiro atoms. The quantitative estimate of drug-likeness (QED) is 0.848. The van der Waals surface area contributed by atoms with E-state index in [1.807, 2.05) is 18.2 Å². The van der Waals surface area contributed by atoms with E-state index in [4.69, 9.17) is 9.47 Å². The van der Waals surface area contributed by atoms with Crippen molar-refractivity contribution >= 4 is 23.5 Å². The van der Waals surface area contributed by atoms with Crippen molar-refractivity contribution in [3.63, 3.8) is 0 Å². The summed E-state index contributed by atoms with van der Waals surface area (Å²) in [5.41, 5.74) is -0.260. The molecule has 0 heterocycles. The maximum atomic E-state index is 13.2. The number of amides is 1. The van der Waals surface area contributed by atoms with E-state index < -0.39 is 29.2 Å². The van der Waals surface area contributed by atoms with Crippen LogP contribution in [0.4, 0.5) is 5.69 Å². The molecule has 3 fully saturated rings. The first-order valence-corrected chi connectivity index (χ1v) is 8.55. The smallest absolute Gasteiger partial charge is 0.310 e. The first kappa shape index (κ1) is 17.5. The van der Waals surface area contributed by atoms with Crippen LogP contribution in [0.1, 0.15) is 25.7 Å². The number of ether oxygens (including phenoxy) is 2. The van der Waals surface area contributed by atoms with Crippen molar-refractivity contribution in [2.75, 3.05) is 19.5 Å². The van der Waals surface area contributed by atoms with Gasteiger partial charge < -0.3 is 14.8 Å². The van der Waals surface area contributed by atoms with Gasteiger partial charge in [-0.2, -0.15) is 0 Å². The number of carbonyl (C=O) groups is 3. The molecule has 0 radical (unpaired) electrons. The third-order valence-corrected chi connectivity index (χ3v) is 5.80. The molecule has 0 unspecified atom stereocenters. The summed E-state index contributed by atoms with van der Waals surface area (Å²) in [5, 5.41) is 2.92. The predicted molar refractivity (Wildman–Crippen MR) is 90.5 cm³/mol. The van der Waals surface area contributed by atoms with E-state index in [-0.39, 0.29) is 11.8 Å². The van der Waals surface area contributed by atoms with Gasteiger partial charge >= 0.3 is 11.9 Å². The van der Waals surface area contributed by atoms with E-state index in [0.717, 1.165) is 12.8 Å². The monoisotopic (exact) mass is 345 g/mol. The van der Waals surface area contributed by atoms with Gasteiger partial charge in [-0.05, 0) is 43.7 Å². The Morgan fingerprint density at radius 2 is 1.60 bits per heavy atom. The third-order valence-electron chi connectivity index (χ3n) is 5.80. The molecule has 3 aliphatic rings. The summed E-state index contributed by atoms with van der Waals surface area (Å²) in [4.78, 5) is 38.0. The Kier molecular flexibility index (Phi) is 4.79. The van der Waals surface area contributed by atoms with Gasteiger partial charge in [-0.15, -0.1) is 0 Å². The maximum absolute atomic E-state index is 13.2. The van der Waals surface area contributed by atoms with Crippen LogP contribution in [0, 0.1) is 23.2 Å². The molecule has 0 aliphatic heterocycles. The molecule has 4 rings (SSSR count). The van der Waals surface area contributed by atoms with Crippen LogP contribution >= 0.6 is 0 Å². The van der Waals surface area contributed by atoms with Crippen LogP contribution < -0.4 is 5.32 Å². The van der Waals surface area contributed by atoms with Gasteiger partial charge in [-0.1, -0.05) is 18.2 Å². The number of benzene rings is 1. The van der Waals surface area contributed by atoms with Gasteiger partial charge in [0.25, 0.3) is 0 Å². The number of methoxy groups -OCH3 is 2. The van der Waals surface area contributed by atoms with Crippen LogP contribution in [-0.4, -0.2) is 32.1 Å². The number of hydrogen-bond donors (Lipinski definition) is 1. The summed E-state index contributed by atoms with van der Waals surface area (Å²) in [6.07, 6.45) is 2.61. The summed E-state index contributed by atoms with van der Waals surface area (Å²) in [6, 6.07) is 9.13. The van der Waals surface area contributed by atoms with Gasteiger partial charge in [0.15, 0.2) is 0 Å². The van der Waals surface area contributed by atoms with Crippen molar-refractivity contribution in [1.82, 2.24) is 0 Å². The molecule has 1 N–H and O–H groups in total. The minimum absolute atomic E-state index is 0.0583. The van der Waals surface area contributed by atoms with E-state index in [2.05, 4.69) is 5.32 Å². The lowest BCUT2D eigenvalue weighted by Gasteiger charge is -2.52. The largest absolute Gasteiger partial charge is 0.469 e. The molecule has 1 amide bonds. The van der Waals surface area contributed by atoms with Gasteiger partial charge in [-0.3, -0.25) is 14.4 Å². The summed E-state index contributed by atoms with van der Waals surface area (Å²) in [7, 11) is 2.61. The second-order valence-electron chi connectivity index (χ2n) is 6.86. The van der Waals surface area contributed by atoms with Gasteiger partial charge in [-0.25, -0.2) is 0 Å². The summed E-state index contributed by atoms with van der Waals surface area (Å²) < 4.78 is 9.90. The minimum atomic E-state index is -0.934. The van der Waals surface area contributed by atoms with Crippen LogP contribution in [-0.2, 0) is 23.9 Å². The molecule has 1 aromatic carbocycles. The van der Waals surface area contributed by atoms with Crippen molar-refractivity contribution in [3.05, 3.63) is 30.3 Å². The number of hydrogen-bond acceptors (Lipinski definition) is 5. The standard InChI is InChI=1S/C19H23NO5/c1-24-16(21)14-12-8-10-19(11-9-12,15(14)17(22)25-2)18(23)20-13-6-4-3-5-7-13/h3-7,12,14-15H,8-11H2,1-2H3,(H,20,23)/t12?,14-,15+,19?/m0/s1. The molecule has 134 valence electrons. The lowest BCUT2D eigenvalue weighted by atomic mass is 9.50. The molecular formula is C19H23NO5. The third kappa shape index (κ3) is 2.90. The fourth-order valence-electron chi connectivity index (χ4n) is 4.55. The van der Waals surface area contributed by atoms with Crippen LogP contribution in [0.15, 0.2) is 30.3 Å². The summed E-state index contributed by atoms with van der Waals surface area (Å²) in [6.45, 7) is 0. The molecule has 3 saturated carbocycles. The van der Waals surface area contributed by atoms with Gasteiger partial charge in [0.2, 0.25) is 5.91 Å². The number of esters is 2. The highest BCUT2D eigenvalue weighted by Gasteiger charge is 2.62. The van der Waals surface area contributed by atoms with Crippen molar-refractivity contribution in [1.29, 1.82) is 0 Å². The fraction of sp³-hybridized carbons (Fsp3) is 0.526. The van der Waals surface area contributed by atoms with Crippen molar-refractivity contribution in [3.8, 4) is 0 Å². The Morgan fingerprint density at radius 3 is 2.16 bits per heavy atom. The Labute approximate surface area is 146 Å². The highest BCUT2D eigenvalue weighted by atomic mass is 16.5. The van der Waals surface area contributed by atoms with Crippen molar-refractivity contribution in [2.24, 2.45) is 23.2 Å². The minimum Gasteiger partial charge on any atom is -0.469 e. The zero-order chi connectivity index (χ0) is 18.0. The first-order valence-electron chi connectivity index (χ1n) is 8.55. The second-order valence-corrected chi connectivity index (χ2v) is 6.86. The van der Waals surface area contributed by atoms with E-state index in [0.29, 0.717) is 18.5 Å². The second kappa shape index (κ2) is 6.86. The zero-order valence-corrected chi connectivity index (χ0v) is 14.5. The molecule has 25 heavy (non-hydrogen) atoms. The van der Waals surface area contributed by atoms with Crippen LogP contribution in [0.25, 0.3) is 0 Å². The average molecular weight is 345 g/mol. The number of fused-ring (bicyclic) bond motifs is 3. The zero-order valence-electron chi connectivity index (χ0n) is 14.5. The van der Waals surface area contributed by atoms with E-state index >= 15 is 0 Å². The Balaban J connectivity index is 1.96. The number of carbonyl (C=O) groups excluding carboxylic acids is 3. The Morgan fingerprint density at radius 1 is 1.00 bits per heavy atom. The van der Waals surface area contributed by atoms with Crippen LogP contribution in [0.5, 0.6) is 0 Å². The number of anilines is 1. The molecule has 0 aromatic heterocycles. The lowest BCUT2D eigenvalue weighted by molar-refractivity contribution is -0.181. The Hall–Kier alpha value is -2.37. The summed E-state index contributed by atoms with van der Waals surface area (Å²) in [5.74, 6) is -2.54. The molecule has 1 aromatic rings. The normalized spacial score (nSPS) is 30.4. The highest BCUT2D eigenvalue weighted by Crippen LogP contribution is 2.57. The van der Waals surface area contributed by atoms with E-state index in [9.17, 15) is 14.4 Å². The summed E-state index contributed by atoms with van der Waals surface area (Å²) >= 11 is 0. The molecule has 0 saturated heterocycles. The first-order chi connectivity index (χ1) is 12.0. The van der Waals surface area contributed by atoms with Crippen molar-refractivity contribution < 1.29 is 23.9 Å². The predicted octanol–water partition coefficient (Wildman–Crippen LogP) is 2.39. The fourth-order valence-corrected chi connectivity index (χ4v) is 4.55. The van der Waals surface area contributed by atoms with Crippen LogP contribution in [0.2, 0.25) is 0 Å². The SMILES string of the molecule is COC(=O)[C@H]1C2CCC(C(=O)Nc3ccccc3)(CC2)[C@H]1C(=O)OC. The van der Waals surface area contributed by atoms with Crippen molar-refractivity contribution in [2.45, 2.75) is 25.7 Å². The van der Waals surface area contributed by atoms with Crippen LogP contribution in [0.3, 0.4) is 0 Å². The number of para-hydroxylation sites is 1. The molecular weight excluding hydrogens is 322 g/mol.